The summed E-state index contributed by atoms with van der Waals surface area (Å²) in [6, 6.07) is 8.41. The topological polar surface area (TPSA) is 88.1 Å². The highest BCUT2D eigenvalue weighted by Gasteiger charge is 2.20. The number of hydrogen-bond donors (Lipinski definition) is 1. The molecule has 0 heterocycles. The molecule has 1 N–H and O–H groups in total. The molecule has 0 fully saturated rings. The third-order valence-electron chi connectivity index (χ3n) is 4.08. The van der Waals surface area contributed by atoms with E-state index in [1.165, 1.54) is 12.1 Å². The zero-order chi connectivity index (χ0) is 22.0. The molecule has 0 unspecified atom stereocenters. The molecular weight excluding hydrogens is 434 g/mol. The van der Waals surface area contributed by atoms with Gasteiger partial charge < -0.3 is 5.11 Å². The van der Waals surface area contributed by atoms with E-state index < -0.39 is 4.92 Å². The first-order valence-corrected chi connectivity index (χ1v) is 10.2. The predicted octanol–water partition coefficient (Wildman–Crippen LogP) is 7.66. The summed E-state index contributed by atoms with van der Waals surface area (Å²) in [7, 11) is 0. The predicted molar refractivity (Wildman–Crippen MR) is 119 cm³/mol. The minimum absolute atomic E-state index is 0.0171. The quantitative estimate of drug-likeness (QED) is 0.281. The third-order valence-corrected chi connectivity index (χ3v) is 4.58. The fourth-order valence-electron chi connectivity index (χ4n) is 3.07. The first-order valence-electron chi connectivity index (χ1n) is 9.46. The lowest BCUT2D eigenvalue weighted by Gasteiger charge is -2.22. The summed E-state index contributed by atoms with van der Waals surface area (Å²) in [6.45, 7) is 12.8. The third kappa shape index (κ3) is 6.92. The number of nitro groups is 1. The average molecular weight is 462 g/mol. The van der Waals surface area contributed by atoms with Gasteiger partial charge in [-0.3, -0.25) is 10.1 Å². The summed E-state index contributed by atoms with van der Waals surface area (Å²) in [5, 5.41) is 30.4. The standard InChI is InChI=1S/C22H28BrN3O3/c1-21(2,3)12-14-9-15(13-22(4,5)6)20(27)18(10-14)25-24-17-8-7-16(23)11-19(17)26(28)29/h7-11,27H,12-13H2,1-6H3. The molecule has 0 saturated heterocycles. The van der Waals surface area contributed by atoms with E-state index in [-0.39, 0.29) is 28.0 Å². The smallest absolute Gasteiger partial charge is 0.297 e. The Bertz CT molecular complexity index is 942. The van der Waals surface area contributed by atoms with Crippen LogP contribution in [0.2, 0.25) is 0 Å². The molecule has 29 heavy (non-hydrogen) atoms. The van der Waals surface area contributed by atoms with Crippen LogP contribution in [0.3, 0.4) is 0 Å². The van der Waals surface area contributed by atoms with E-state index in [0.717, 1.165) is 17.5 Å². The number of nitrogens with zero attached hydrogens (tertiary/aromatic N) is 3. The lowest BCUT2D eigenvalue weighted by molar-refractivity contribution is -0.384. The normalized spacial score (nSPS) is 12.5. The zero-order valence-electron chi connectivity index (χ0n) is 17.8. The molecule has 156 valence electrons. The Hall–Kier alpha value is -2.28. The molecule has 7 heteroatoms. The van der Waals surface area contributed by atoms with Gasteiger partial charge in [0.2, 0.25) is 0 Å². The maximum absolute atomic E-state index is 11.3. The fourth-order valence-corrected chi connectivity index (χ4v) is 3.42. The van der Waals surface area contributed by atoms with Gasteiger partial charge in [0.25, 0.3) is 5.69 Å². The van der Waals surface area contributed by atoms with E-state index in [1.54, 1.807) is 12.1 Å². The maximum Gasteiger partial charge on any atom is 0.297 e. The van der Waals surface area contributed by atoms with Gasteiger partial charge in [0.1, 0.15) is 11.4 Å². The Morgan fingerprint density at radius 3 is 2.10 bits per heavy atom. The van der Waals surface area contributed by atoms with Crippen LogP contribution in [-0.2, 0) is 12.8 Å². The van der Waals surface area contributed by atoms with Crippen molar-refractivity contribution in [3.8, 4) is 5.75 Å². The molecule has 0 spiro atoms. The highest BCUT2D eigenvalue weighted by atomic mass is 79.9. The molecular formula is C22H28BrN3O3. The van der Waals surface area contributed by atoms with Gasteiger partial charge in [0, 0.05) is 10.5 Å². The average Bonchev–Trinajstić information content (AvgIpc) is 2.54. The lowest BCUT2D eigenvalue weighted by Crippen LogP contribution is -2.12. The molecule has 0 saturated carbocycles. The number of phenols is 1. The number of benzene rings is 2. The second-order valence-corrected chi connectivity index (χ2v) is 10.6. The minimum Gasteiger partial charge on any atom is -0.505 e. The van der Waals surface area contributed by atoms with Crippen molar-refractivity contribution in [2.45, 2.75) is 54.4 Å². The summed E-state index contributed by atoms with van der Waals surface area (Å²) < 4.78 is 0.589. The van der Waals surface area contributed by atoms with Gasteiger partial charge in [-0.15, -0.1) is 10.2 Å². The highest BCUT2D eigenvalue weighted by Crippen LogP contribution is 2.39. The molecule has 6 nitrogen and oxygen atoms in total. The van der Waals surface area contributed by atoms with Crippen LogP contribution in [0.4, 0.5) is 17.1 Å². The van der Waals surface area contributed by atoms with Crippen molar-refractivity contribution >= 4 is 33.0 Å². The van der Waals surface area contributed by atoms with Crippen molar-refractivity contribution in [2.75, 3.05) is 0 Å². The molecule has 0 aliphatic heterocycles. The summed E-state index contributed by atoms with van der Waals surface area (Å²) in [5.74, 6) is 0.0705. The summed E-state index contributed by atoms with van der Waals surface area (Å²) in [5.41, 5.74) is 2.21. The summed E-state index contributed by atoms with van der Waals surface area (Å²) >= 11 is 3.23. The number of hydrogen-bond acceptors (Lipinski definition) is 5. The molecule has 0 aliphatic rings. The zero-order valence-corrected chi connectivity index (χ0v) is 19.4. The van der Waals surface area contributed by atoms with Crippen molar-refractivity contribution in [1.29, 1.82) is 0 Å². The van der Waals surface area contributed by atoms with E-state index in [0.29, 0.717) is 16.6 Å². The van der Waals surface area contributed by atoms with Crippen molar-refractivity contribution < 1.29 is 10.0 Å². The van der Waals surface area contributed by atoms with Gasteiger partial charge >= 0.3 is 0 Å². The summed E-state index contributed by atoms with van der Waals surface area (Å²) in [4.78, 5) is 10.8. The first kappa shape index (κ1) is 23.0. The number of nitro benzene ring substituents is 1. The van der Waals surface area contributed by atoms with Gasteiger partial charge in [-0.1, -0.05) is 63.5 Å². The van der Waals surface area contributed by atoms with Crippen LogP contribution in [0.15, 0.2) is 45.0 Å². The number of azo groups is 1. The molecule has 0 atom stereocenters. The van der Waals surface area contributed by atoms with E-state index in [1.807, 2.05) is 6.07 Å². The molecule has 2 aromatic carbocycles. The molecule has 0 amide bonds. The number of halogens is 1. The van der Waals surface area contributed by atoms with E-state index >= 15 is 0 Å². The van der Waals surface area contributed by atoms with Crippen LogP contribution in [-0.4, -0.2) is 10.0 Å². The van der Waals surface area contributed by atoms with E-state index in [9.17, 15) is 15.2 Å². The second-order valence-electron chi connectivity index (χ2n) is 9.69. The van der Waals surface area contributed by atoms with E-state index in [4.69, 9.17) is 0 Å². The molecule has 0 aliphatic carbocycles. The number of phenolic OH excluding ortho intramolecular Hbond substituents is 1. The Kier molecular flexibility index (Phi) is 6.83. The molecule has 0 bridgehead atoms. The van der Waals surface area contributed by atoms with Crippen LogP contribution in [0.25, 0.3) is 0 Å². The largest absolute Gasteiger partial charge is 0.505 e. The van der Waals surface area contributed by atoms with Gasteiger partial charge in [-0.2, -0.15) is 0 Å². The van der Waals surface area contributed by atoms with Crippen molar-refractivity contribution in [1.82, 2.24) is 0 Å². The fraction of sp³-hybridized carbons (Fsp3) is 0.455. The van der Waals surface area contributed by atoms with Crippen LogP contribution >= 0.6 is 15.9 Å². The molecule has 0 aromatic heterocycles. The molecule has 0 radical (unpaired) electrons. The first-order chi connectivity index (χ1) is 13.2. The molecule has 2 aromatic rings. The van der Waals surface area contributed by atoms with Gasteiger partial charge in [-0.25, -0.2) is 0 Å². The lowest BCUT2D eigenvalue weighted by atomic mass is 9.84. The van der Waals surface area contributed by atoms with E-state index in [2.05, 4.69) is 67.7 Å². The van der Waals surface area contributed by atoms with Crippen molar-refractivity contribution in [2.24, 2.45) is 21.1 Å². The van der Waals surface area contributed by atoms with Crippen LogP contribution in [0.5, 0.6) is 5.75 Å². The van der Waals surface area contributed by atoms with Crippen LogP contribution < -0.4 is 0 Å². The summed E-state index contributed by atoms with van der Waals surface area (Å²) in [6.07, 6.45) is 1.49. The van der Waals surface area contributed by atoms with Gasteiger partial charge in [0.05, 0.1) is 4.92 Å². The Labute approximate surface area is 180 Å². The maximum atomic E-state index is 11.3. The van der Waals surface area contributed by atoms with Crippen molar-refractivity contribution in [3.63, 3.8) is 0 Å². The van der Waals surface area contributed by atoms with Crippen molar-refractivity contribution in [3.05, 3.63) is 56.0 Å². The van der Waals surface area contributed by atoms with Gasteiger partial charge in [-0.05, 0) is 53.0 Å². The Morgan fingerprint density at radius 1 is 0.966 bits per heavy atom. The Morgan fingerprint density at radius 2 is 1.55 bits per heavy atom. The Balaban J connectivity index is 2.53. The van der Waals surface area contributed by atoms with Gasteiger partial charge in [0.15, 0.2) is 5.69 Å². The van der Waals surface area contributed by atoms with Crippen LogP contribution in [0, 0.1) is 20.9 Å². The highest BCUT2D eigenvalue weighted by molar-refractivity contribution is 9.10. The number of rotatable bonds is 5. The number of aromatic hydroxyl groups is 1. The SMILES string of the molecule is CC(C)(C)Cc1cc(CC(C)(C)C)c(O)c(N=Nc2ccc(Br)cc2[N+](=O)[O-])c1. The second kappa shape index (κ2) is 8.61. The van der Waals surface area contributed by atoms with Crippen LogP contribution in [0.1, 0.15) is 52.7 Å². The monoisotopic (exact) mass is 461 g/mol. The molecule has 2 rings (SSSR count). The minimum atomic E-state index is -0.500.